The lowest BCUT2D eigenvalue weighted by Gasteiger charge is -2.23. The molecule has 0 radical (unpaired) electrons. The number of ether oxygens (including phenoxy) is 2. The van der Waals surface area contributed by atoms with Crippen molar-refractivity contribution < 1.29 is 23.5 Å². The predicted molar refractivity (Wildman–Crippen MR) is 98.0 cm³/mol. The number of benzene rings is 1. The van der Waals surface area contributed by atoms with E-state index in [-0.39, 0.29) is 12.5 Å². The van der Waals surface area contributed by atoms with Gasteiger partial charge in [0.2, 0.25) is 0 Å². The second-order valence-corrected chi connectivity index (χ2v) is 8.02. The number of oxazole rings is 1. The number of carbonyl (C=O) groups excluding carboxylic acids is 2. The first-order chi connectivity index (χ1) is 12.7. The Morgan fingerprint density at radius 1 is 1.33 bits per heavy atom. The van der Waals surface area contributed by atoms with Crippen LogP contribution in [0.25, 0.3) is 11.1 Å². The molecule has 2 amide bonds. The Bertz CT molecular complexity index is 910. The zero-order chi connectivity index (χ0) is 19.3. The highest BCUT2D eigenvalue weighted by Gasteiger charge is 2.33. The summed E-state index contributed by atoms with van der Waals surface area (Å²) in [5, 5.41) is 2.58. The Kier molecular flexibility index (Phi) is 4.01. The molecule has 2 aliphatic rings. The van der Waals surface area contributed by atoms with Gasteiger partial charge in [0.1, 0.15) is 29.5 Å². The highest BCUT2D eigenvalue weighted by Crippen LogP contribution is 2.42. The molecular formula is C19H23N3O5. The Morgan fingerprint density at radius 3 is 2.74 bits per heavy atom. The third-order valence-corrected chi connectivity index (χ3v) is 4.50. The molecule has 1 aromatic carbocycles. The van der Waals surface area contributed by atoms with Gasteiger partial charge in [-0.2, -0.15) is 0 Å². The normalized spacial score (nSPS) is 20.1. The van der Waals surface area contributed by atoms with E-state index in [2.05, 4.69) is 10.3 Å². The summed E-state index contributed by atoms with van der Waals surface area (Å²) < 4.78 is 16.9. The van der Waals surface area contributed by atoms with E-state index in [9.17, 15) is 9.59 Å². The first-order valence-electron chi connectivity index (χ1n) is 9.05. The van der Waals surface area contributed by atoms with Crippen molar-refractivity contribution in [2.75, 3.05) is 18.6 Å². The minimum Gasteiger partial charge on any atom is -0.489 e. The van der Waals surface area contributed by atoms with Crippen molar-refractivity contribution in [3.8, 4) is 5.75 Å². The van der Waals surface area contributed by atoms with Gasteiger partial charge in [0.15, 0.2) is 11.5 Å². The standard InChI is InChI=1S/C19H23N3O5/c1-19(2,3)27-18(24)21-12-9-25-15-8-14-11(7-13(15)22(4)17(12)23)20-16(26-14)10-5-6-10/h7-8,10,12H,5-6,9H2,1-4H3,(H,21,24)/t12-/m0/s1. The van der Waals surface area contributed by atoms with E-state index in [1.807, 2.05) is 0 Å². The molecule has 1 atom stereocenters. The zero-order valence-corrected chi connectivity index (χ0v) is 15.9. The molecule has 8 nitrogen and oxygen atoms in total. The molecule has 2 aromatic rings. The fourth-order valence-electron chi connectivity index (χ4n) is 2.99. The SMILES string of the molecule is CN1C(=O)[C@@H](NC(=O)OC(C)(C)C)COc2cc3oc(C4CC4)nc3cc21. The number of hydrogen-bond acceptors (Lipinski definition) is 6. The van der Waals surface area contributed by atoms with Crippen LogP contribution in [-0.2, 0) is 9.53 Å². The number of rotatable bonds is 2. The predicted octanol–water partition coefficient (Wildman–Crippen LogP) is 2.95. The van der Waals surface area contributed by atoms with Gasteiger partial charge in [-0.15, -0.1) is 0 Å². The molecule has 0 bridgehead atoms. The molecule has 8 heteroatoms. The summed E-state index contributed by atoms with van der Waals surface area (Å²) in [6.45, 7) is 5.29. The monoisotopic (exact) mass is 373 g/mol. The van der Waals surface area contributed by atoms with Crippen molar-refractivity contribution in [1.82, 2.24) is 10.3 Å². The lowest BCUT2D eigenvalue weighted by molar-refractivity contribution is -0.120. The maximum absolute atomic E-state index is 12.8. The van der Waals surface area contributed by atoms with Crippen LogP contribution < -0.4 is 15.0 Å². The van der Waals surface area contributed by atoms with Gasteiger partial charge >= 0.3 is 6.09 Å². The van der Waals surface area contributed by atoms with Gasteiger partial charge in [-0.05, 0) is 39.7 Å². The van der Waals surface area contributed by atoms with Crippen LogP contribution >= 0.6 is 0 Å². The van der Waals surface area contributed by atoms with Crippen molar-refractivity contribution in [3.63, 3.8) is 0 Å². The number of fused-ring (bicyclic) bond motifs is 2. The van der Waals surface area contributed by atoms with Crippen LogP contribution in [0.5, 0.6) is 5.75 Å². The number of likely N-dealkylation sites (N-methyl/N-ethyl adjacent to an activating group) is 1. The van der Waals surface area contributed by atoms with Crippen molar-refractivity contribution in [1.29, 1.82) is 0 Å². The Labute approximate surface area is 156 Å². The molecule has 0 unspecified atom stereocenters. The lowest BCUT2D eigenvalue weighted by Crippen LogP contribution is -2.50. The summed E-state index contributed by atoms with van der Waals surface area (Å²) in [4.78, 5) is 30.8. The Hall–Kier alpha value is -2.77. The average molecular weight is 373 g/mol. The van der Waals surface area contributed by atoms with Gasteiger partial charge in [-0.1, -0.05) is 0 Å². The number of anilines is 1. The van der Waals surface area contributed by atoms with Gasteiger partial charge in [0, 0.05) is 19.0 Å². The third-order valence-electron chi connectivity index (χ3n) is 4.50. The van der Waals surface area contributed by atoms with Crippen LogP contribution in [-0.4, -0.2) is 42.3 Å². The average Bonchev–Trinajstić information content (AvgIpc) is 3.35. The maximum Gasteiger partial charge on any atom is 0.408 e. The van der Waals surface area contributed by atoms with Gasteiger partial charge in [0.05, 0.1) is 5.69 Å². The van der Waals surface area contributed by atoms with E-state index in [1.165, 1.54) is 4.90 Å². The van der Waals surface area contributed by atoms with Crippen LogP contribution in [0.15, 0.2) is 16.5 Å². The molecule has 4 rings (SSSR count). The highest BCUT2D eigenvalue weighted by atomic mass is 16.6. The van der Waals surface area contributed by atoms with Crippen LogP contribution in [0.2, 0.25) is 0 Å². The first kappa shape index (κ1) is 17.6. The fourth-order valence-corrected chi connectivity index (χ4v) is 2.99. The second kappa shape index (κ2) is 6.14. The summed E-state index contributed by atoms with van der Waals surface area (Å²) >= 11 is 0. The number of aromatic nitrogens is 1. The molecular weight excluding hydrogens is 350 g/mol. The van der Waals surface area contributed by atoms with Crippen molar-refractivity contribution in [3.05, 3.63) is 18.0 Å². The molecule has 1 aliphatic carbocycles. The van der Waals surface area contributed by atoms with Gasteiger partial charge < -0.3 is 24.1 Å². The smallest absolute Gasteiger partial charge is 0.408 e. The third kappa shape index (κ3) is 3.56. The molecule has 144 valence electrons. The van der Waals surface area contributed by atoms with Crippen LogP contribution in [0.4, 0.5) is 10.5 Å². The zero-order valence-electron chi connectivity index (χ0n) is 15.9. The van der Waals surface area contributed by atoms with E-state index in [4.69, 9.17) is 13.9 Å². The molecule has 1 fully saturated rings. The van der Waals surface area contributed by atoms with E-state index < -0.39 is 17.7 Å². The van der Waals surface area contributed by atoms with Crippen LogP contribution in [0, 0.1) is 0 Å². The summed E-state index contributed by atoms with van der Waals surface area (Å²) in [6.07, 6.45) is 1.53. The number of hydrogen-bond donors (Lipinski definition) is 1. The van der Waals surface area contributed by atoms with Gasteiger partial charge in [-0.3, -0.25) is 4.79 Å². The molecule has 1 aromatic heterocycles. The van der Waals surface area contributed by atoms with Crippen molar-refractivity contribution in [2.24, 2.45) is 0 Å². The quantitative estimate of drug-likeness (QED) is 0.870. The van der Waals surface area contributed by atoms with E-state index in [0.29, 0.717) is 28.5 Å². The number of carbonyl (C=O) groups is 2. The molecule has 1 N–H and O–H groups in total. The summed E-state index contributed by atoms with van der Waals surface area (Å²) in [5.41, 5.74) is 1.27. The second-order valence-electron chi connectivity index (χ2n) is 8.02. The Balaban J connectivity index is 1.57. The minimum absolute atomic E-state index is 0.00451. The molecule has 27 heavy (non-hydrogen) atoms. The molecule has 2 heterocycles. The van der Waals surface area contributed by atoms with Gasteiger partial charge in [-0.25, -0.2) is 9.78 Å². The highest BCUT2D eigenvalue weighted by molar-refractivity contribution is 6.01. The molecule has 1 saturated carbocycles. The van der Waals surface area contributed by atoms with E-state index in [1.54, 1.807) is 40.0 Å². The number of nitrogens with zero attached hydrogens (tertiary/aromatic N) is 2. The summed E-state index contributed by atoms with van der Waals surface area (Å²) in [7, 11) is 1.65. The molecule has 0 saturated heterocycles. The van der Waals surface area contributed by atoms with Crippen molar-refractivity contribution >= 4 is 28.8 Å². The van der Waals surface area contributed by atoms with E-state index >= 15 is 0 Å². The van der Waals surface area contributed by atoms with Gasteiger partial charge in [0.25, 0.3) is 5.91 Å². The van der Waals surface area contributed by atoms with Crippen LogP contribution in [0.3, 0.4) is 0 Å². The summed E-state index contributed by atoms with van der Waals surface area (Å²) in [6, 6.07) is 2.69. The van der Waals surface area contributed by atoms with Crippen LogP contribution in [0.1, 0.15) is 45.4 Å². The van der Waals surface area contributed by atoms with E-state index in [0.717, 1.165) is 18.7 Å². The topological polar surface area (TPSA) is 93.9 Å². The lowest BCUT2D eigenvalue weighted by atomic mass is 10.2. The first-order valence-corrected chi connectivity index (χ1v) is 9.05. The number of amides is 2. The fraction of sp³-hybridized carbons (Fsp3) is 0.526. The number of nitrogens with one attached hydrogen (secondary N) is 1. The summed E-state index contributed by atoms with van der Waals surface area (Å²) in [5.74, 6) is 1.37. The maximum atomic E-state index is 12.8. The molecule has 0 spiro atoms. The molecule has 1 aliphatic heterocycles. The van der Waals surface area contributed by atoms with Crippen molar-refractivity contribution in [2.45, 2.75) is 51.2 Å². The largest absolute Gasteiger partial charge is 0.489 e. The Morgan fingerprint density at radius 2 is 2.07 bits per heavy atom. The number of alkyl carbamates (subject to hydrolysis) is 1. The minimum atomic E-state index is -0.849.